The number of rotatable bonds is 4. The van der Waals surface area contributed by atoms with Gasteiger partial charge in [0.1, 0.15) is 5.54 Å². The van der Waals surface area contributed by atoms with Gasteiger partial charge in [-0.1, -0.05) is 41.5 Å². The van der Waals surface area contributed by atoms with E-state index in [0.717, 1.165) is 35.6 Å². The van der Waals surface area contributed by atoms with Crippen LogP contribution in [0.1, 0.15) is 80.6 Å². The van der Waals surface area contributed by atoms with Gasteiger partial charge in [-0.15, -0.1) is 0 Å². The van der Waals surface area contributed by atoms with Crippen molar-refractivity contribution in [2.45, 2.75) is 92.2 Å². The summed E-state index contributed by atoms with van der Waals surface area (Å²) in [6, 6.07) is 0.824. The molecular formula is C24H47N2+. The van der Waals surface area contributed by atoms with Crippen LogP contribution in [0.2, 0.25) is 0 Å². The molecule has 3 rings (SSSR count). The van der Waals surface area contributed by atoms with Gasteiger partial charge in [-0.05, 0) is 62.3 Å². The van der Waals surface area contributed by atoms with Gasteiger partial charge in [0.15, 0.2) is 0 Å². The second-order valence-corrected chi connectivity index (χ2v) is 11.1. The first-order valence-corrected chi connectivity index (χ1v) is 11.7. The van der Waals surface area contributed by atoms with E-state index >= 15 is 0 Å². The summed E-state index contributed by atoms with van der Waals surface area (Å²) in [4.78, 5) is 0. The molecular weight excluding hydrogens is 316 g/mol. The predicted octanol–water partition coefficient (Wildman–Crippen LogP) is 5.33. The first-order chi connectivity index (χ1) is 12.2. The second kappa shape index (κ2) is 7.07. The molecule has 2 saturated heterocycles. The topological polar surface area (TPSA) is 12.0 Å². The van der Waals surface area contributed by atoms with Gasteiger partial charge in [0.25, 0.3) is 0 Å². The maximum absolute atomic E-state index is 4.03. The van der Waals surface area contributed by atoms with Crippen molar-refractivity contribution in [2.24, 2.45) is 35.0 Å². The molecule has 1 N–H and O–H groups in total. The van der Waals surface area contributed by atoms with Crippen molar-refractivity contribution in [3.63, 3.8) is 0 Å². The van der Waals surface area contributed by atoms with E-state index in [0.29, 0.717) is 11.0 Å². The molecule has 2 nitrogen and oxygen atoms in total. The first-order valence-electron chi connectivity index (χ1n) is 11.7. The number of likely N-dealkylation sites (N-methyl/N-ethyl adjacent to an activating group) is 1. The molecule has 2 heteroatoms. The fourth-order valence-corrected chi connectivity index (χ4v) is 7.82. The maximum atomic E-state index is 4.03. The standard InChI is InChI=1S/C24H47N2/c1-9-21-15-26(8,20(21)6)24(10-2)16-25-14-22(12-11-18(24)4)23(7)13-17(3)19(23)5/h17-22,25H,9-16H2,1-8H3/q+1. The number of likely N-dealkylation sites (tertiary alicyclic amines) is 1. The van der Waals surface area contributed by atoms with Gasteiger partial charge < -0.3 is 9.80 Å². The summed E-state index contributed by atoms with van der Waals surface area (Å²) >= 11 is 0. The lowest BCUT2D eigenvalue weighted by molar-refractivity contribution is -1.03. The normalized spacial score (nSPS) is 55.4. The van der Waals surface area contributed by atoms with Crippen molar-refractivity contribution >= 4 is 0 Å². The van der Waals surface area contributed by atoms with Crippen LogP contribution < -0.4 is 5.32 Å². The van der Waals surface area contributed by atoms with Crippen LogP contribution in [0.3, 0.4) is 0 Å². The summed E-state index contributed by atoms with van der Waals surface area (Å²) < 4.78 is 1.31. The third-order valence-corrected chi connectivity index (χ3v) is 10.6. The molecule has 152 valence electrons. The lowest BCUT2D eigenvalue weighted by Crippen LogP contribution is -2.80. The zero-order chi connectivity index (χ0) is 19.3. The third-order valence-electron chi connectivity index (χ3n) is 10.6. The fraction of sp³-hybridized carbons (Fsp3) is 1.00. The SMILES string of the molecule is CCC1C[N+](C)(C2(CC)CNCC(C3(C)CC(C)C3C)CCC2C)C1C. The number of nitrogens with one attached hydrogen (secondary N) is 1. The molecule has 0 amide bonds. The lowest BCUT2D eigenvalue weighted by atomic mass is 9.50. The summed E-state index contributed by atoms with van der Waals surface area (Å²) in [5, 5.41) is 4.03. The van der Waals surface area contributed by atoms with Crippen LogP contribution in [0.4, 0.5) is 0 Å². The van der Waals surface area contributed by atoms with Crippen LogP contribution in [0.15, 0.2) is 0 Å². The molecule has 1 saturated carbocycles. The molecule has 1 aliphatic carbocycles. The van der Waals surface area contributed by atoms with Crippen LogP contribution >= 0.6 is 0 Å². The van der Waals surface area contributed by atoms with Gasteiger partial charge in [-0.2, -0.15) is 0 Å². The van der Waals surface area contributed by atoms with Crippen LogP contribution in [0, 0.1) is 35.0 Å². The summed E-state index contributed by atoms with van der Waals surface area (Å²) in [6.07, 6.45) is 6.96. The average molecular weight is 364 g/mol. The zero-order valence-electron chi connectivity index (χ0n) is 19.1. The summed E-state index contributed by atoms with van der Waals surface area (Å²) in [7, 11) is 2.58. The summed E-state index contributed by atoms with van der Waals surface area (Å²) in [5.74, 6) is 4.43. The van der Waals surface area contributed by atoms with Crippen LogP contribution in [0.5, 0.6) is 0 Å². The summed E-state index contributed by atoms with van der Waals surface area (Å²) in [6.45, 7) is 21.4. The third kappa shape index (κ3) is 2.72. The highest BCUT2D eigenvalue weighted by molar-refractivity contribution is 5.02. The van der Waals surface area contributed by atoms with Gasteiger partial charge >= 0.3 is 0 Å². The molecule has 2 aliphatic heterocycles. The minimum absolute atomic E-state index is 0.426. The lowest BCUT2D eigenvalue weighted by Gasteiger charge is -2.66. The quantitative estimate of drug-likeness (QED) is 0.666. The molecule has 26 heavy (non-hydrogen) atoms. The monoisotopic (exact) mass is 363 g/mol. The van der Waals surface area contributed by atoms with Crippen molar-refractivity contribution < 1.29 is 4.48 Å². The highest BCUT2D eigenvalue weighted by atomic mass is 15.5. The van der Waals surface area contributed by atoms with Crippen molar-refractivity contribution in [3.05, 3.63) is 0 Å². The van der Waals surface area contributed by atoms with E-state index in [1.54, 1.807) is 0 Å². The number of hydrogen-bond acceptors (Lipinski definition) is 1. The Morgan fingerprint density at radius 3 is 2.27 bits per heavy atom. The van der Waals surface area contributed by atoms with Crippen molar-refractivity contribution in [1.82, 2.24) is 5.32 Å². The molecule has 0 radical (unpaired) electrons. The Morgan fingerprint density at radius 2 is 1.77 bits per heavy atom. The minimum atomic E-state index is 0.426. The largest absolute Gasteiger partial charge is 0.317 e. The van der Waals surface area contributed by atoms with E-state index in [4.69, 9.17) is 0 Å². The van der Waals surface area contributed by atoms with Gasteiger partial charge in [-0.3, -0.25) is 0 Å². The Hall–Kier alpha value is -0.0800. The Labute approximate surface area is 164 Å². The Balaban J connectivity index is 1.75. The fourth-order valence-electron chi connectivity index (χ4n) is 7.82. The molecule has 0 aromatic carbocycles. The molecule has 3 fully saturated rings. The highest BCUT2D eigenvalue weighted by Gasteiger charge is 2.61. The van der Waals surface area contributed by atoms with E-state index in [1.165, 1.54) is 56.2 Å². The molecule has 0 aromatic rings. The Morgan fingerprint density at radius 1 is 1.08 bits per heavy atom. The van der Waals surface area contributed by atoms with E-state index in [1.807, 2.05) is 0 Å². The number of quaternary nitrogens is 1. The number of nitrogens with zero attached hydrogens (tertiary/aromatic N) is 1. The molecule has 9 atom stereocenters. The van der Waals surface area contributed by atoms with Crippen molar-refractivity contribution in [3.8, 4) is 0 Å². The van der Waals surface area contributed by atoms with Crippen LogP contribution in [-0.4, -0.2) is 42.7 Å². The minimum Gasteiger partial charge on any atom is -0.317 e. The van der Waals surface area contributed by atoms with E-state index < -0.39 is 0 Å². The second-order valence-electron chi connectivity index (χ2n) is 11.1. The molecule has 0 aromatic heterocycles. The van der Waals surface area contributed by atoms with E-state index in [2.05, 4.69) is 60.8 Å². The van der Waals surface area contributed by atoms with E-state index in [9.17, 15) is 0 Å². The van der Waals surface area contributed by atoms with Crippen LogP contribution in [0.25, 0.3) is 0 Å². The first kappa shape index (κ1) is 20.6. The van der Waals surface area contributed by atoms with Crippen molar-refractivity contribution in [2.75, 3.05) is 26.7 Å². The summed E-state index contributed by atoms with van der Waals surface area (Å²) in [5.41, 5.74) is 1.00. The Kier molecular flexibility index (Phi) is 5.61. The molecule has 0 spiro atoms. The van der Waals surface area contributed by atoms with Gasteiger partial charge in [0, 0.05) is 12.3 Å². The zero-order valence-corrected chi connectivity index (χ0v) is 19.1. The van der Waals surface area contributed by atoms with Gasteiger partial charge in [0.05, 0.1) is 32.1 Å². The van der Waals surface area contributed by atoms with Crippen LogP contribution in [-0.2, 0) is 0 Å². The molecule has 9 unspecified atom stereocenters. The molecule has 3 aliphatic rings. The average Bonchev–Trinajstić information content (AvgIpc) is 2.62. The van der Waals surface area contributed by atoms with Gasteiger partial charge in [0.2, 0.25) is 0 Å². The Bertz CT molecular complexity index is 504. The van der Waals surface area contributed by atoms with Gasteiger partial charge in [-0.25, -0.2) is 0 Å². The predicted molar refractivity (Wildman–Crippen MR) is 113 cm³/mol. The maximum Gasteiger partial charge on any atom is 0.114 e. The number of hydrogen-bond donors (Lipinski definition) is 1. The molecule has 2 heterocycles. The van der Waals surface area contributed by atoms with Crippen molar-refractivity contribution in [1.29, 1.82) is 0 Å². The van der Waals surface area contributed by atoms with E-state index in [-0.39, 0.29) is 0 Å². The smallest absolute Gasteiger partial charge is 0.114 e. The molecule has 0 bridgehead atoms. The highest BCUT2D eigenvalue weighted by Crippen LogP contribution is 2.57.